The molecule has 26 heavy (non-hydrogen) atoms. The molecule has 0 bridgehead atoms. The Bertz CT molecular complexity index is 793. The molecule has 0 radical (unpaired) electrons. The van der Waals surface area contributed by atoms with Crippen molar-refractivity contribution in [3.8, 4) is 0 Å². The minimum absolute atomic E-state index is 0.285. The van der Waals surface area contributed by atoms with Gasteiger partial charge in [-0.1, -0.05) is 36.4 Å². The van der Waals surface area contributed by atoms with Crippen LogP contribution in [0.4, 0.5) is 10.5 Å². The number of benzene rings is 2. The third-order valence-electron chi connectivity index (χ3n) is 4.73. The summed E-state index contributed by atoms with van der Waals surface area (Å²) >= 11 is 3.93. The number of anilines is 1. The predicted molar refractivity (Wildman–Crippen MR) is 110 cm³/mol. The van der Waals surface area contributed by atoms with Crippen LogP contribution in [0.5, 0.6) is 0 Å². The van der Waals surface area contributed by atoms with Gasteiger partial charge in [0.25, 0.3) is 0 Å². The molecular formula is C20H22N2O2S2. The first-order valence-corrected chi connectivity index (χ1v) is 11.0. The highest BCUT2D eigenvalue weighted by molar-refractivity contribution is 8.16. The minimum atomic E-state index is -0.584. The summed E-state index contributed by atoms with van der Waals surface area (Å²) in [6.45, 7) is 0. The lowest BCUT2D eigenvalue weighted by molar-refractivity contribution is 0.144. The van der Waals surface area contributed by atoms with E-state index in [1.807, 2.05) is 59.9 Å². The van der Waals surface area contributed by atoms with E-state index in [9.17, 15) is 9.90 Å². The number of thioether (sulfide) groups is 2. The van der Waals surface area contributed by atoms with E-state index in [1.54, 1.807) is 0 Å². The lowest BCUT2D eigenvalue weighted by atomic mass is 10.1. The number of aliphatic hydroxyl groups excluding tert-OH is 1. The van der Waals surface area contributed by atoms with Crippen molar-refractivity contribution in [2.24, 2.45) is 0 Å². The Labute approximate surface area is 162 Å². The van der Waals surface area contributed by atoms with Crippen LogP contribution in [0.25, 0.3) is 0 Å². The Morgan fingerprint density at radius 2 is 1.88 bits per heavy atom. The Balaban J connectivity index is 1.42. The topological polar surface area (TPSA) is 61.4 Å². The molecule has 4 nitrogen and oxygen atoms in total. The van der Waals surface area contributed by atoms with Gasteiger partial charge in [0.15, 0.2) is 0 Å². The number of carbonyl (C=O) groups excluding carboxylic acids is 1. The summed E-state index contributed by atoms with van der Waals surface area (Å²) in [5.74, 6) is 2.38. The van der Waals surface area contributed by atoms with Crippen molar-refractivity contribution < 1.29 is 9.90 Å². The Kier molecular flexibility index (Phi) is 5.43. The van der Waals surface area contributed by atoms with E-state index in [-0.39, 0.29) is 12.1 Å². The van der Waals surface area contributed by atoms with Crippen molar-refractivity contribution in [3.05, 3.63) is 65.2 Å². The average molecular weight is 387 g/mol. The van der Waals surface area contributed by atoms with E-state index >= 15 is 0 Å². The number of hydrogen-bond acceptors (Lipinski definition) is 4. The predicted octanol–water partition coefficient (Wildman–Crippen LogP) is 4.34. The second-order valence-electron chi connectivity index (χ2n) is 6.60. The molecule has 2 aromatic rings. The Morgan fingerprint density at radius 1 is 1.08 bits per heavy atom. The van der Waals surface area contributed by atoms with Crippen LogP contribution in [-0.2, 0) is 6.42 Å². The summed E-state index contributed by atoms with van der Waals surface area (Å²) in [4.78, 5) is 12.5. The molecule has 1 heterocycles. The van der Waals surface area contributed by atoms with Crippen LogP contribution in [0, 0.1) is 0 Å². The summed E-state index contributed by atoms with van der Waals surface area (Å²) < 4.78 is 0.442. The molecule has 0 unspecified atom stereocenters. The molecule has 3 N–H and O–H groups in total. The van der Waals surface area contributed by atoms with E-state index in [2.05, 4.69) is 22.8 Å². The average Bonchev–Trinajstić information content (AvgIpc) is 2.98. The van der Waals surface area contributed by atoms with Crippen LogP contribution in [-0.4, -0.2) is 28.7 Å². The van der Waals surface area contributed by atoms with Crippen molar-refractivity contribution in [2.45, 2.75) is 29.6 Å². The smallest absolute Gasteiger partial charge is 0.319 e. The van der Waals surface area contributed by atoms with Crippen LogP contribution in [0.15, 0.2) is 48.5 Å². The first-order chi connectivity index (χ1) is 12.7. The molecule has 6 heteroatoms. The van der Waals surface area contributed by atoms with Crippen molar-refractivity contribution in [2.75, 3.05) is 16.8 Å². The van der Waals surface area contributed by atoms with Crippen LogP contribution in [0.2, 0.25) is 0 Å². The zero-order chi connectivity index (χ0) is 17.9. The quantitative estimate of drug-likeness (QED) is 0.735. The van der Waals surface area contributed by atoms with Gasteiger partial charge in [0, 0.05) is 12.1 Å². The summed E-state index contributed by atoms with van der Waals surface area (Å²) in [6, 6.07) is 15.3. The highest BCUT2D eigenvalue weighted by atomic mass is 32.2. The van der Waals surface area contributed by atoms with Gasteiger partial charge >= 0.3 is 6.03 Å². The summed E-state index contributed by atoms with van der Waals surface area (Å²) in [7, 11) is 0. The molecular weight excluding hydrogens is 364 g/mol. The van der Waals surface area contributed by atoms with E-state index in [1.165, 1.54) is 23.5 Å². The molecule has 1 saturated heterocycles. The molecule has 1 fully saturated rings. The molecule has 2 aliphatic rings. The van der Waals surface area contributed by atoms with E-state index in [0.29, 0.717) is 11.0 Å². The second kappa shape index (κ2) is 7.94. The van der Waals surface area contributed by atoms with Crippen LogP contribution < -0.4 is 10.6 Å². The van der Waals surface area contributed by atoms with Crippen molar-refractivity contribution in [3.63, 3.8) is 0 Å². The maximum Gasteiger partial charge on any atom is 0.319 e. The molecule has 2 amide bonds. The standard InChI is InChI=1S/C20H22N2O2S2/c23-17-12-13-5-1-2-8-16(13)18(17)22-20(24)21-15-7-3-6-14(11-15)19-25-9-4-10-26-19/h1-3,5-8,11,17-19,23H,4,9-10,12H2,(H2,21,22,24)/t17-,18+/m1/s1. The first-order valence-electron chi connectivity index (χ1n) is 8.87. The number of hydrogen-bond donors (Lipinski definition) is 3. The van der Waals surface area contributed by atoms with E-state index in [4.69, 9.17) is 0 Å². The zero-order valence-corrected chi connectivity index (χ0v) is 16.0. The van der Waals surface area contributed by atoms with Crippen molar-refractivity contribution in [1.29, 1.82) is 0 Å². The molecule has 136 valence electrons. The fourth-order valence-corrected chi connectivity index (χ4v) is 6.37. The van der Waals surface area contributed by atoms with E-state index < -0.39 is 6.10 Å². The molecule has 1 aliphatic heterocycles. The van der Waals surface area contributed by atoms with Crippen LogP contribution in [0.1, 0.15) is 33.7 Å². The SMILES string of the molecule is O=C(Nc1cccc(C2SCCCS2)c1)N[C@H]1c2ccccc2C[C@H]1O. The highest BCUT2D eigenvalue weighted by Crippen LogP contribution is 2.44. The largest absolute Gasteiger partial charge is 0.390 e. The second-order valence-corrected chi connectivity index (χ2v) is 9.32. The lowest BCUT2D eigenvalue weighted by Crippen LogP contribution is -2.36. The van der Waals surface area contributed by atoms with Gasteiger partial charge in [0.2, 0.25) is 0 Å². The number of nitrogens with one attached hydrogen (secondary N) is 2. The number of carbonyl (C=O) groups is 1. The van der Waals surface area contributed by atoms with Crippen LogP contribution >= 0.6 is 23.5 Å². The van der Waals surface area contributed by atoms with Gasteiger partial charge in [-0.15, -0.1) is 23.5 Å². The van der Waals surface area contributed by atoms with E-state index in [0.717, 1.165) is 16.8 Å². The first kappa shape index (κ1) is 17.8. The number of fused-ring (bicyclic) bond motifs is 1. The number of urea groups is 1. The maximum absolute atomic E-state index is 12.5. The lowest BCUT2D eigenvalue weighted by Gasteiger charge is -2.22. The summed E-state index contributed by atoms with van der Waals surface area (Å²) in [6.07, 6.45) is 1.25. The normalized spacial score (nSPS) is 22.7. The van der Waals surface area contributed by atoms with Gasteiger partial charge in [0.05, 0.1) is 16.7 Å². The number of amides is 2. The fourth-order valence-electron chi connectivity index (χ4n) is 3.50. The maximum atomic E-state index is 12.5. The monoisotopic (exact) mass is 386 g/mol. The molecule has 2 atom stereocenters. The van der Waals surface area contributed by atoms with Crippen molar-refractivity contribution >= 4 is 35.2 Å². The summed E-state index contributed by atoms with van der Waals surface area (Å²) in [5.41, 5.74) is 4.12. The van der Waals surface area contributed by atoms with Gasteiger partial charge in [0.1, 0.15) is 0 Å². The number of aliphatic hydroxyl groups is 1. The fraction of sp³-hybridized carbons (Fsp3) is 0.350. The Hall–Kier alpha value is -1.63. The number of rotatable bonds is 3. The van der Waals surface area contributed by atoms with Gasteiger partial charge in [-0.2, -0.15) is 0 Å². The third-order valence-corrected chi connectivity index (χ3v) is 7.75. The van der Waals surface area contributed by atoms with Gasteiger partial charge in [-0.05, 0) is 46.7 Å². The Morgan fingerprint density at radius 3 is 2.73 bits per heavy atom. The van der Waals surface area contributed by atoms with Gasteiger partial charge < -0.3 is 15.7 Å². The molecule has 0 saturated carbocycles. The van der Waals surface area contributed by atoms with Crippen LogP contribution in [0.3, 0.4) is 0 Å². The molecule has 0 aromatic heterocycles. The molecule has 1 aliphatic carbocycles. The van der Waals surface area contributed by atoms with Gasteiger partial charge in [-0.3, -0.25) is 0 Å². The van der Waals surface area contributed by atoms with Crippen molar-refractivity contribution in [1.82, 2.24) is 5.32 Å². The highest BCUT2D eigenvalue weighted by Gasteiger charge is 2.31. The molecule has 4 rings (SSSR count). The molecule has 0 spiro atoms. The summed E-state index contributed by atoms with van der Waals surface area (Å²) in [5, 5.41) is 16.1. The third kappa shape index (κ3) is 3.87. The van der Waals surface area contributed by atoms with Gasteiger partial charge in [-0.25, -0.2) is 4.79 Å². The zero-order valence-electron chi connectivity index (χ0n) is 14.4. The molecule has 2 aromatic carbocycles. The minimum Gasteiger partial charge on any atom is -0.390 e.